The van der Waals surface area contributed by atoms with Gasteiger partial charge in [0.05, 0.1) is 47.5 Å². The molecule has 2 aliphatic rings. The van der Waals surface area contributed by atoms with Crippen molar-refractivity contribution in [2.45, 2.75) is 0 Å². The van der Waals surface area contributed by atoms with Gasteiger partial charge in [-0.25, -0.2) is 4.98 Å². The maximum absolute atomic E-state index is 6.15. The van der Waals surface area contributed by atoms with E-state index in [1.165, 1.54) is 10.4 Å². The molecular formula is C21H25N5O2S. The second-order valence-corrected chi connectivity index (χ2v) is 8.20. The molecular weight excluding hydrogens is 386 g/mol. The predicted molar refractivity (Wildman–Crippen MR) is 116 cm³/mol. The van der Waals surface area contributed by atoms with Gasteiger partial charge in [-0.3, -0.25) is 9.88 Å². The first kappa shape index (κ1) is 18.6. The van der Waals surface area contributed by atoms with Crippen molar-refractivity contribution in [3.05, 3.63) is 42.2 Å². The third kappa shape index (κ3) is 4.14. The van der Waals surface area contributed by atoms with Gasteiger partial charge in [-0.15, -0.1) is 11.3 Å². The van der Waals surface area contributed by atoms with Crippen molar-refractivity contribution in [1.29, 1.82) is 0 Å². The van der Waals surface area contributed by atoms with E-state index < -0.39 is 0 Å². The van der Waals surface area contributed by atoms with Gasteiger partial charge in [-0.05, 0) is 18.2 Å². The Morgan fingerprint density at radius 3 is 2.90 bits per heavy atom. The second kappa shape index (κ2) is 8.52. The second-order valence-electron chi connectivity index (χ2n) is 7.32. The lowest BCUT2D eigenvalue weighted by Gasteiger charge is -2.27. The number of hydrogen-bond donors (Lipinski definition) is 0. The third-order valence-corrected chi connectivity index (χ3v) is 6.32. The van der Waals surface area contributed by atoms with Crippen molar-refractivity contribution in [3.63, 3.8) is 0 Å². The lowest BCUT2D eigenvalue weighted by molar-refractivity contribution is 0.0323. The van der Waals surface area contributed by atoms with Gasteiger partial charge in [0.15, 0.2) is 0 Å². The topological polar surface area (TPSA) is 54.0 Å². The SMILES string of the molecule is c1cc(OCCN2CCOCC2)c(N2CCN(c3ccc4ncsc4c3)C2)cn1. The number of rotatable bonds is 6. The van der Waals surface area contributed by atoms with E-state index in [1.54, 1.807) is 17.5 Å². The van der Waals surface area contributed by atoms with E-state index in [1.807, 2.05) is 17.8 Å². The standard InChI is InChI=1S/C21H25N5O2S/c1-2-18-21(29-15-23-18)13-17(1)25-5-6-26(16-25)19-14-22-4-3-20(19)28-12-9-24-7-10-27-11-8-24/h1-4,13-15H,5-12,16H2. The highest BCUT2D eigenvalue weighted by Gasteiger charge is 2.23. The molecule has 0 aliphatic carbocycles. The molecule has 152 valence electrons. The maximum atomic E-state index is 6.15. The number of benzene rings is 1. The van der Waals surface area contributed by atoms with Crippen molar-refractivity contribution < 1.29 is 9.47 Å². The summed E-state index contributed by atoms with van der Waals surface area (Å²) in [4.78, 5) is 15.8. The average Bonchev–Trinajstić information content (AvgIpc) is 3.44. The van der Waals surface area contributed by atoms with Gasteiger partial charge >= 0.3 is 0 Å². The molecule has 2 aliphatic heterocycles. The number of thiazole rings is 1. The predicted octanol–water partition coefficient (Wildman–Crippen LogP) is 2.69. The lowest BCUT2D eigenvalue weighted by Crippen LogP contribution is -2.38. The minimum Gasteiger partial charge on any atom is -0.490 e. The molecule has 2 saturated heterocycles. The van der Waals surface area contributed by atoms with Crippen LogP contribution < -0.4 is 14.5 Å². The number of morpholine rings is 1. The molecule has 8 heteroatoms. The first-order valence-corrected chi connectivity index (χ1v) is 10.9. The molecule has 4 heterocycles. The number of nitrogens with zero attached hydrogens (tertiary/aromatic N) is 5. The van der Waals surface area contributed by atoms with Crippen LogP contribution in [0.1, 0.15) is 0 Å². The van der Waals surface area contributed by atoms with E-state index in [0.717, 1.165) is 69.6 Å². The normalized spacial score (nSPS) is 17.9. The summed E-state index contributed by atoms with van der Waals surface area (Å²) in [7, 11) is 0. The van der Waals surface area contributed by atoms with E-state index in [4.69, 9.17) is 9.47 Å². The van der Waals surface area contributed by atoms with Gasteiger partial charge < -0.3 is 19.3 Å². The van der Waals surface area contributed by atoms with Gasteiger partial charge in [0.1, 0.15) is 12.4 Å². The smallest absolute Gasteiger partial charge is 0.145 e. The fraction of sp³-hybridized carbons (Fsp3) is 0.429. The zero-order valence-electron chi connectivity index (χ0n) is 16.4. The molecule has 0 unspecified atom stereocenters. The van der Waals surface area contributed by atoms with Crippen molar-refractivity contribution in [2.24, 2.45) is 0 Å². The molecule has 2 fully saturated rings. The number of pyridine rings is 1. The van der Waals surface area contributed by atoms with Crippen LogP contribution in [0.2, 0.25) is 0 Å². The van der Waals surface area contributed by atoms with Crippen LogP contribution in [0.4, 0.5) is 11.4 Å². The van der Waals surface area contributed by atoms with E-state index in [9.17, 15) is 0 Å². The molecule has 0 N–H and O–H groups in total. The zero-order chi connectivity index (χ0) is 19.5. The first-order chi connectivity index (χ1) is 14.4. The van der Waals surface area contributed by atoms with Gasteiger partial charge in [0.25, 0.3) is 0 Å². The lowest BCUT2D eigenvalue weighted by atomic mass is 10.3. The number of ether oxygens (including phenoxy) is 2. The van der Waals surface area contributed by atoms with Gasteiger partial charge in [-0.1, -0.05) is 0 Å². The van der Waals surface area contributed by atoms with Crippen LogP contribution in [0.25, 0.3) is 10.2 Å². The highest BCUT2D eigenvalue weighted by Crippen LogP contribution is 2.31. The summed E-state index contributed by atoms with van der Waals surface area (Å²) in [6.07, 6.45) is 3.72. The largest absolute Gasteiger partial charge is 0.490 e. The van der Waals surface area contributed by atoms with Gasteiger partial charge in [-0.2, -0.15) is 0 Å². The summed E-state index contributed by atoms with van der Waals surface area (Å²) in [6, 6.07) is 8.47. The molecule has 0 bridgehead atoms. The number of aromatic nitrogens is 2. The van der Waals surface area contributed by atoms with Gasteiger partial charge in [0, 0.05) is 50.7 Å². The minimum absolute atomic E-state index is 0.677. The van der Waals surface area contributed by atoms with Crippen LogP contribution in [-0.4, -0.2) is 74.1 Å². The van der Waals surface area contributed by atoms with E-state index in [-0.39, 0.29) is 0 Å². The Labute approximate surface area is 174 Å². The summed E-state index contributed by atoms with van der Waals surface area (Å²) in [6.45, 7) is 7.96. The van der Waals surface area contributed by atoms with Crippen LogP contribution >= 0.6 is 11.3 Å². The summed E-state index contributed by atoms with van der Waals surface area (Å²) < 4.78 is 12.8. The molecule has 1 aromatic carbocycles. The van der Waals surface area contributed by atoms with E-state index in [2.05, 4.69) is 42.9 Å². The molecule has 3 aromatic rings. The summed E-state index contributed by atoms with van der Waals surface area (Å²) in [5, 5.41) is 0. The highest BCUT2D eigenvalue weighted by atomic mass is 32.1. The number of hydrogen-bond acceptors (Lipinski definition) is 8. The molecule has 29 heavy (non-hydrogen) atoms. The number of fused-ring (bicyclic) bond motifs is 1. The molecule has 0 radical (unpaired) electrons. The van der Waals surface area contributed by atoms with E-state index in [0.29, 0.717) is 6.61 Å². The molecule has 5 rings (SSSR count). The Balaban J connectivity index is 1.24. The van der Waals surface area contributed by atoms with Crippen LogP contribution in [0.5, 0.6) is 5.75 Å². The zero-order valence-corrected chi connectivity index (χ0v) is 17.2. The Morgan fingerprint density at radius 1 is 1.07 bits per heavy atom. The van der Waals surface area contributed by atoms with Crippen molar-refractivity contribution in [3.8, 4) is 5.75 Å². The fourth-order valence-corrected chi connectivity index (χ4v) is 4.59. The minimum atomic E-state index is 0.677. The summed E-state index contributed by atoms with van der Waals surface area (Å²) in [5.41, 5.74) is 5.28. The van der Waals surface area contributed by atoms with Crippen molar-refractivity contribution in [2.75, 3.05) is 69.0 Å². The quantitative estimate of drug-likeness (QED) is 0.618. The Kier molecular flexibility index (Phi) is 5.47. The fourth-order valence-electron chi connectivity index (χ4n) is 3.88. The average molecular weight is 412 g/mol. The van der Waals surface area contributed by atoms with Crippen LogP contribution in [-0.2, 0) is 4.74 Å². The van der Waals surface area contributed by atoms with Crippen LogP contribution in [0.3, 0.4) is 0 Å². The molecule has 7 nitrogen and oxygen atoms in total. The molecule has 2 aromatic heterocycles. The van der Waals surface area contributed by atoms with E-state index >= 15 is 0 Å². The van der Waals surface area contributed by atoms with Crippen LogP contribution in [0, 0.1) is 0 Å². The van der Waals surface area contributed by atoms with Crippen LogP contribution in [0.15, 0.2) is 42.2 Å². The Hall–Kier alpha value is -2.42. The Morgan fingerprint density at radius 2 is 1.97 bits per heavy atom. The molecule has 0 spiro atoms. The summed E-state index contributed by atoms with van der Waals surface area (Å²) >= 11 is 1.69. The Bertz CT molecular complexity index is 959. The molecule has 0 saturated carbocycles. The highest BCUT2D eigenvalue weighted by molar-refractivity contribution is 7.16. The maximum Gasteiger partial charge on any atom is 0.145 e. The third-order valence-electron chi connectivity index (χ3n) is 5.53. The summed E-state index contributed by atoms with van der Waals surface area (Å²) in [5.74, 6) is 0.910. The first-order valence-electron chi connectivity index (χ1n) is 10.1. The van der Waals surface area contributed by atoms with Crippen molar-refractivity contribution in [1.82, 2.24) is 14.9 Å². The number of anilines is 2. The molecule has 0 amide bonds. The van der Waals surface area contributed by atoms with Crippen molar-refractivity contribution >= 4 is 32.9 Å². The molecule has 0 atom stereocenters. The monoisotopic (exact) mass is 411 g/mol. The van der Waals surface area contributed by atoms with Gasteiger partial charge in [0.2, 0.25) is 0 Å².